The van der Waals surface area contributed by atoms with Crippen LogP contribution >= 0.6 is 24.0 Å². The molecule has 20 heavy (non-hydrogen) atoms. The van der Waals surface area contributed by atoms with Gasteiger partial charge in [0.15, 0.2) is 5.96 Å². The first-order valence-corrected chi connectivity index (χ1v) is 7.21. The maximum Gasteiger partial charge on any atom is 0.307 e. The highest BCUT2D eigenvalue weighted by atomic mass is 127. The van der Waals surface area contributed by atoms with E-state index in [1.807, 2.05) is 0 Å². The molecule has 1 heterocycles. The highest BCUT2D eigenvalue weighted by Gasteiger charge is 2.40. The molecule has 0 aromatic heterocycles. The summed E-state index contributed by atoms with van der Waals surface area (Å²) in [5, 5.41) is 3.26. The summed E-state index contributed by atoms with van der Waals surface area (Å²) in [4.78, 5) is 17.8. The van der Waals surface area contributed by atoms with Crippen molar-refractivity contribution in [1.29, 1.82) is 0 Å². The molecule has 5 nitrogen and oxygen atoms in total. The van der Waals surface area contributed by atoms with Crippen molar-refractivity contribution >= 4 is 35.9 Å². The number of likely N-dealkylation sites (tertiary alicyclic amines) is 1. The molecule has 1 aliphatic heterocycles. The number of hydrogen-bond acceptors (Lipinski definition) is 3. The smallest absolute Gasteiger partial charge is 0.307 e. The molecule has 0 aromatic carbocycles. The van der Waals surface area contributed by atoms with Gasteiger partial charge in [0.1, 0.15) is 0 Å². The topological polar surface area (TPSA) is 53.9 Å². The number of nitrogens with zero attached hydrogens (tertiary/aromatic N) is 2. The Bertz CT molecular complexity index is 354. The van der Waals surface area contributed by atoms with Crippen LogP contribution in [0.25, 0.3) is 0 Å². The molecule has 0 amide bonds. The van der Waals surface area contributed by atoms with E-state index in [1.54, 1.807) is 7.05 Å². The largest absolute Gasteiger partial charge is 0.469 e. The number of esters is 1. The average molecular weight is 395 g/mol. The van der Waals surface area contributed by atoms with Gasteiger partial charge in [-0.3, -0.25) is 9.79 Å². The van der Waals surface area contributed by atoms with Gasteiger partial charge < -0.3 is 15.0 Å². The highest BCUT2D eigenvalue weighted by molar-refractivity contribution is 14.0. The fourth-order valence-electron chi connectivity index (χ4n) is 3.36. The van der Waals surface area contributed by atoms with Crippen molar-refractivity contribution in [2.24, 2.45) is 10.4 Å². The van der Waals surface area contributed by atoms with Crippen molar-refractivity contribution in [1.82, 2.24) is 10.2 Å². The summed E-state index contributed by atoms with van der Waals surface area (Å²) < 4.78 is 4.63. The van der Waals surface area contributed by atoms with Crippen LogP contribution in [0.15, 0.2) is 4.99 Å². The first kappa shape index (κ1) is 17.5. The summed E-state index contributed by atoms with van der Waals surface area (Å²) in [6.07, 6.45) is 7.15. The fraction of sp³-hybridized carbons (Fsp3) is 0.857. The zero-order valence-electron chi connectivity index (χ0n) is 12.5. The fourth-order valence-corrected chi connectivity index (χ4v) is 3.36. The van der Waals surface area contributed by atoms with Crippen LogP contribution in [0.3, 0.4) is 0 Å². The molecule has 116 valence electrons. The Morgan fingerprint density at radius 1 is 1.35 bits per heavy atom. The van der Waals surface area contributed by atoms with E-state index in [4.69, 9.17) is 0 Å². The second-order valence-corrected chi connectivity index (χ2v) is 5.68. The second kappa shape index (κ2) is 8.05. The molecule has 1 saturated heterocycles. The molecular weight excluding hydrogens is 369 g/mol. The molecule has 0 aromatic rings. The van der Waals surface area contributed by atoms with Gasteiger partial charge in [-0.05, 0) is 24.7 Å². The Balaban J connectivity index is 0.00000200. The van der Waals surface area contributed by atoms with Crippen molar-refractivity contribution in [2.75, 3.05) is 33.8 Å². The molecule has 2 aliphatic rings. The van der Waals surface area contributed by atoms with Gasteiger partial charge in [-0.2, -0.15) is 0 Å². The summed E-state index contributed by atoms with van der Waals surface area (Å²) in [5.41, 5.74) is 0.542. The first-order chi connectivity index (χ1) is 9.19. The summed E-state index contributed by atoms with van der Waals surface area (Å²) in [5.74, 6) is 0.740. The van der Waals surface area contributed by atoms with E-state index in [0.717, 1.165) is 19.0 Å². The van der Waals surface area contributed by atoms with Crippen molar-refractivity contribution in [2.45, 2.75) is 38.5 Å². The van der Waals surface area contributed by atoms with E-state index in [0.29, 0.717) is 18.4 Å². The van der Waals surface area contributed by atoms with Gasteiger partial charge in [-0.25, -0.2) is 0 Å². The molecule has 0 atom stereocenters. The summed E-state index contributed by atoms with van der Waals surface area (Å²) in [6.45, 7) is 2.78. The highest BCUT2D eigenvalue weighted by Crippen LogP contribution is 2.45. The number of methoxy groups -OCH3 is 1. The van der Waals surface area contributed by atoms with Crippen LogP contribution in [-0.2, 0) is 9.53 Å². The SMILES string of the molecule is CN=C(NCCC(=O)OC)N1CCC2(CCCC2)C1.I. The third-order valence-corrected chi connectivity index (χ3v) is 4.45. The van der Waals surface area contributed by atoms with Gasteiger partial charge in [0, 0.05) is 26.7 Å². The van der Waals surface area contributed by atoms with Crippen molar-refractivity contribution in [3.8, 4) is 0 Å². The predicted octanol–water partition coefficient (Wildman–Crippen LogP) is 2.01. The third kappa shape index (κ3) is 4.23. The lowest BCUT2D eigenvalue weighted by Crippen LogP contribution is -2.41. The van der Waals surface area contributed by atoms with Crippen LogP contribution in [0, 0.1) is 5.41 Å². The third-order valence-electron chi connectivity index (χ3n) is 4.45. The van der Waals surface area contributed by atoms with Crippen molar-refractivity contribution in [3.05, 3.63) is 0 Å². The Hall–Kier alpha value is -0.530. The number of rotatable bonds is 3. The number of aliphatic imine (C=N–C) groups is 1. The molecule has 1 spiro atoms. The monoisotopic (exact) mass is 395 g/mol. The Morgan fingerprint density at radius 2 is 2.05 bits per heavy atom. The van der Waals surface area contributed by atoms with E-state index >= 15 is 0 Å². The van der Waals surface area contributed by atoms with Crippen LogP contribution in [0.5, 0.6) is 0 Å². The van der Waals surface area contributed by atoms with Crippen LogP contribution in [0.2, 0.25) is 0 Å². The number of guanidine groups is 1. The molecule has 0 radical (unpaired) electrons. The molecule has 1 saturated carbocycles. The minimum atomic E-state index is -0.184. The summed E-state index contributed by atoms with van der Waals surface area (Å²) in [7, 11) is 3.22. The Morgan fingerprint density at radius 3 is 2.65 bits per heavy atom. The minimum absolute atomic E-state index is 0. The van der Waals surface area contributed by atoms with E-state index in [-0.39, 0.29) is 29.9 Å². The lowest BCUT2D eigenvalue weighted by molar-refractivity contribution is -0.140. The van der Waals surface area contributed by atoms with Gasteiger partial charge in [0.25, 0.3) is 0 Å². The van der Waals surface area contributed by atoms with Gasteiger partial charge in [0.05, 0.1) is 13.5 Å². The maximum atomic E-state index is 11.1. The van der Waals surface area contributed by atoms with Gasteiger partial charge in [-0.1, -0.05) is 12.8 Å². The molecule has 2 fully saturated rings. The zero-order valence-corrected chi connectivity index (χ0v) is 14.8. The molecular formula is C14H26IN3O2. The van der Waals surface area contributed by atoms with Gasteiger partial charge in [-0.15, -0.1) is 24.0 Å². The molecule has 6 heteroatoms. The van der Waals surface area contributed by atoms with Crippen molar-refractivity contribution < 1.29 is 9.53 Å². The lowest BCUT2D eigenvalue weighted by atomic mass is 9.86. The van der Waals surface area contributed by atoms with Crippen LogP contribution in [0.1, 0.15) is 38.5 Å². The summed E-state index contributed by atoms with van der Waals surface area (Å²) >= 11 is 0. The Labute approximate surface area is 138 Å². The number of ether oxygens (including phenoxy) is 1. The van der Waals surface area contributed by atoms with E-state index in [1.165, 1.54) is 39.2 Å². The number of nitrogens with one attached hydrogen (secondary N) is 1. The molecule has 2 rings (SSSR count). The quantitative estimate of drug-likeness (QED) is 0.344. The van der Waals surface area contributed by atoms with Crippen LogP contribution < -0.4 is 5.32 Å². The van der Waals surface area contributed by atoms with E-state index in [2.05, 4.69) is 19.9 Å². The van der Waals surface area contributed by atoms with Crippen LogP contribution in [0.4, 0.5) is 0 Å². The number of carbonyl (C=O) groups is 1. The standard InChI is InChI=1S/C14H25N3O2.HI/c1-15-13(16-9-5-12(18)19-2)17-10-8-14(11-17)6-3-4-7-14;/h3-11H2,1-2H3,(H,15,16);1H. The van der Waals surface area contributed by atoms with Gasteiger partial charge in [0.2, 0.25) is 0 Å². The molecule has 1 N–H and O–H groups in total. The normalized spacial score (nSPS) is 20.9. The molecule has 0 bridgehead atoms. The zero-order chi connectivity index (χ0) is 13.7. The number of hydrogen-bond donors (Lipinski definition) is 1. The lowest BCUT2D eigenvalue weighted by Gasteiger charge is -2.25. The minimum Gasteiger partial charge on any atom is -0.469 e. The number of halogens is 1. The predicted molar refractivity (Wildman–Crippen MR) is 90.5 cm³/mol. The van der Waals surface area contributed by atoms with E-state index in [9.17, 15) is 4.79 Å². The average Bonchev–Trinajstić information content (AvgIpc) is 3.05. The Kier molecular flexibility index (Phi) is 7.05. The van der Waals surface area contributed by atoms with Gasteiger partial charge >= 0.3 is 5.97 Å². The molecule has 0 unspecified atom stereocenters. The first-order valence-electron chi connectivity index (χ1n) is 7.21. The summed E-state index contributed by atoms with van der Waals surface area (Å²) in [6, 6.07) is 0. The molecule has 1 aliphatic carbocycles. The maximum absolute atomic E-state index is 11.1. The number of carbonyl (C=O) groups excluding carboxylic acids is 1. The van der Waals surface area contributed by atoms with Crippen LogP contribution in [-0.4, -0.2) is 50.6 Å². The van der Waals surface area contributed by atoms with E-state index < -0.39 is 0 Å². The second-order valence-electron chi connectivity index (χ2n) is 5.68. The van der Waals surface area contributed by atoms with Crippen molar-refractivity contribution in [3.63, 3.8) is 0 Å².